The van der Waals surface area contributed by atoms with E-state index in [1.54, 1.807) is 0 Å². The van der Waals surface area contributed by atoms with E-state index in [2.05, 4.69) is 0 Å². The highest BCUT2D eigenvalue weighted by molar-refractivity contribution is 7.85. The molecule has 0 aromatic rings. The molecule has 5 nitrogen and oxygen atoms in total. The predicted octanol–water partition coefficient (Wildman–Crippen LogP) is 0.0698. The average molecular weight is 210 g/mol. The molecule has 1 aliphatic rings. The number of hydrogen-bond acceptors (Lipinski definition) is 4. The highest BCUT2D eigenvalue weighted by Gasteiger charge is 2.15. The number of hydrogen-bond donors (Lipinski definition) is 1. The predicted molar refractivity (Wildman–Crippen MR) is 46.2 cm³/mol. The van der Waals surface area contributed by atoms with Crippen molar-refractivity contribution < 1.29 is 22.4 Å². The van der Waals surface area contributed by atoms with Crippen molar-refractivity contribution in [2.45, 2.75) is 18.9 Å². The van der Waals surface area contributed by atoms with Gasteiger partial charge in [0.1, 0.15) is 0 Å². The molecule has 1 fully saturated rings. The molecule has 1 N–H and O–H groups in total. The quantitative estimate of drug-likeness (QED) is 0.665. The van der Waals surface area contributed by atoms with Gasteiger partial charge in [0.2, 0.25) is 0 Å². The summed E-state index contributed by atoms with van der Waals surface area (Å²) in [5.74, 6) is -0.202. The zero-order chi connectivity index (χ0) is 9.73. The number of rotatable bonds is 4. The summed E-state index contributed by atoms with van der Waals surface area (Å²) < 4.78 is 39.6. The molecule has 0 aromatic carbocycles. The van der Waals surface area contributed by atoms with Crippen LogP contribution in [0.2, 0.25) is 0 Å². The van der Waals surface area contributed by atoms with E-state index in [1.807, 2.05) is 0 Å². The summed E-state index contributed by atoms with van der Waals surface area (Å²) in [4.78, 5) is 0. The van der Waals surface area contributed by atoms with Crippen molar-refractivity contribution >= 4 is 10.1 Å². The second kappa shape index (κ2) is 4.90. The molecule has 1 rings (SSSR count). The molecule has 0 radical (unpaired) electrons. The summed E-state index contributed by atoms with van der Waals surface area (Å²) in [6.07, 6.45) is 1.00. The summed E-state index contributed by atoms with van der Waals surface area (Å²) in [6, 6.07) is 0. The van der Waals surface area contributed by atoms with Crippen molar-refractivity contribution in [2.24, 2.45) is 0 Å². The third-order valence-corrected chi connectivity index (χ3v) is 2.62. The van der Waals surface area contributed by atoms with Crippen molar-refractivity contribution in [1.82, 2.24) is 0 Å². The third-order valence-electron chi connectivity index (χ3n) is 1.81. The van der Waals surface area contributed by atoms with Crippen LogP contribution in [0.4, 0.5) is 0 Å². The summed E-state index contributed by atoms with van der Waals surface area (Å²) in [5.41, 5.74) is 0. The normalized spacial score (nSPS) is 24.5. The molecular formula is C7H14O5S. The van der Waals surface area contributed by atoms with Gasteiger partial charge in [0, 0.05) is 0 Å². The standard InChI is InChI=1S/C7H14O5S/c8-13(9,10)5-1-2-7-6-11-3-4-12-7/h7H,1-6H2,(H,8,9,10). The lowest BCUT2D eigenvalue weighted by atomic mass is 10.2. The fourth-order valence-electron chi connectivity index (χ4n) is 1.20. The van der Waals surface area contributed by atoms with E-state index in [1.165, 1.54) is 0 Å². The molecule has 1 unspecified atom stereocenters. The summed E-state index contributed by atoms with van der Waals surface area (Å²) >= 11 is 0. The lowest BCUT2D eigenvalue weighted by molar-refractivity contribution is -0.0906. The molecule has 78 valence electrons. The van der Waals surface area contributed by atoms with Crippen molar-refractivity contribution in [3.63, 3.8) is 0 Å². The largest absolute Gasteiger partial charge is 0.376 e. The first-order valence-electron chi connectivity index (χ1n) is 4.22. The minimum atomic E-state index is -3.82. The SMILES string of the molecule is O=S(=O)(O)CCCC1COCCO1. The maximum absolute atomic E-state index is 10.4. The summed E-state index contributed by atoms with van der Waals surface area (Å²) in [5, 5.41) is 0. The zero-order valence-corrected chi connectivity index (χ0v) is 8.12. The molecule has 1 heterocycles. The van der Waals surface area contributed by atoms with E-state index in [9.17, 15) is 8.42 Å². The van der Waals surface area contributed by atoms with Gasteiger partial charge in [-0.1, -0.05) is 0 Å². The Bertz CT molecular complexity index is 229. The molecule has 0 bridgehead atoms. The molecule has 13 heavy (non-hydrogen) atoms. The molecule has 1 saturated heterocycles. The minimum Gasteiger partial charge on any atom is -0.376 e. The summed E-state index contributed by atoms with van der Waals surface area (Å²) in [6.45, 7) is 1.69. The van der Waals surface area contributed by atoms with E-state index >= 15 is 0 Å². The fourth-order valence-corrected chi connectivity index (χ4v) is 1.73. The van der Waals surface area contributed by atoms with Crippen LogP contribution in [0.15, 0.2) is 0 Å². The smallest absolute Gasteiger partial charge is 0.264 e. The van der Waals surface area contributed by atoms with Gasteiger partial charge in [0.05, 0.1) is 31.7 Å². The van der Waals surface area contributed by atoms with Gasteiger partial charge in [-0.3, -0.25) is 4.55 Å². The van der Waals surface area contributed by atoms with Crippen LogP contribution in [-0.2, 0) is 19.6 Å². The first-order chi connectivity index (χ1) is 6.08. The Morgan fingerprint density at radius 1 is 1.38 bits per heavy atom. The van der Waals surface area contributed by atoms with Crippen molar-refractivity contribution in [3.05, 3.63) is 0 Å². The van der Waals surface area contributed by atoms with Gasteiger partial charge in [-0.05, 0) is 12.8 Å². The van der Waals surface area contributed by atoms with Crippen LogP contribution in [0.25, 0.3) is 0 Å². The average Bonchev–Trinajstić information content (AvgIpc) is 2.04. The van der Waals surface area contributed by atoms with E-state index < -0.39 is 10.1 Å². The Balaban J connectivity index is 2.11. The van der Waals surface area contributed by atoms with Crippen LogP contribution in [-0.4, -0.2) is 44.6 Å². The van der Waals surface area contributed by atoms with Crippen LogP contribution >= 0.6 is 0 Å². The van der Waals surface area contributed by atoms with Crippen molar-refractivity contribution in [1.29, 1.82) is 0 Å². The van der Waals surface area contributed by atoms with E-state index in [4.69, 9.17) is 14.0 Å². The van der Waals surface area contributed by atoms with Crippen LogP contribution in [0.5, 0.6) is 0 Å². The van der Waals surface area contributed by atoms with Crippen LogP contribution in [0.1, 0.15) is 12.8 Å². The fraction of sp³-hybridized carbons (Fsp3) is 1.00. The molecule has 0 aliphatic carbocycles. The lowest BCUT2D eigenvalue weighted by Crippen LogP contribution is -2.28. The Morgan fingerprint density at radius 3 is 2.69 bits per heavy atom. The van der Waals surface area contributed by atoms with Gasteiger partial charge in [0.25, 0.3) is 10.1 Å². The summed E-state index contributed by atoms with van der Waals surface area (Å²) in [7, 11) is -3.82. The monoisotopic (exact) mass is 210 g/mol. The second-order valence-electron chi connectivity index (χ2n) is 3.00. The Labute approximate surface area is 77.8 Å². The highest BCUT2D eigenvalue weighted by Crippen LogP contribution is 2.08. The molecule has 0 spiro atoms. The molecule has 6 heteroatoms. The topological polar surface area (TPSA) is 72.8 Å². The minimum absolute atomic E-state index is 0.0181. The van der Waals surface area contributed by atoms with Gasteiger partial charge in [-0.15, -0.1) is 0 Å². The highest BCUT2D eigenvalue weighted by atomic mass is 32.2. The Morgan fingerprint density at radius 2 is 2.15 bits per heavy atom. The second-order valence-corrected chi connectivity index (χ2v) is 4.57. The Kier molecular flexibility index (Phi) is 4.11. The van der Waals surface area contributed by atoms with Gasteiger partial charge in [-0.25, -0.2) is 0 Å². The van der Waals surface area contributed by atoms with E-state index in [0.29, 0.717) is 32.7 Å². The molecule has 0 amide bonds. The molecular weight excluding hydrogens is 196 g/mol. The Hall–Kier alpha value is -0.170. The third kappa shape index (κ3) is 5.20. The maximum Gasteiger partial charge on any atom is 0.264 e. The maximum atomic E-state index is 10.4. The molecule has 1 atom stereocenters. The van der Waals surface area contributed by atoms with Crippen LogP contribution in [0, 0.1) is 0 Å². The molecule has 0 aromatic heterocycles. The first-order valence-corrected chi connectivity index (χ1v) is 5.83. The zero-order valence-electron chi connectivity index (χ0n) is 7.31. The molecule has 0 saturated carbocycles. The van der Waals surface area contributed by atoms with Crippen molar-refractivity contribution in [2.75, 3.05) is 25.6 Å². The van der Waals surface area contributed by atoms with Gasteiger partial charge in [0.15, 0.2) is 0 Å². The van der Waals surface area contributed by atoms with Gasteiger partial charge < -0.3 is 9.47 Å². The van der Waals surface area contributed by atoms with Crippen LogP contribution < -0.4 is 0 Å². The van der Waals surface area contributed by atoms with Crippen LogP contribution in [0.3, 0.4) is 0 Å². The van der Waals surface area contributed by atoms with E-state index in [-0.39, 0.29) is 11.9 Å². The van der Waals surface area contributed by atoms with Crippen molar-refractivity contribution in [3.8, 4) is 0 Å². The molecule has 1 aliphatic heterocycles. The van der Waals surface area contributed by atoms with Gasteiger partial charge in [-0.2, -0.15) is 8.42 Å². The lowest BCUT2D eigenvalue weighted by Gasteiger charge is -2.22. The van der Waals surface area contributed by atoms with Gasteiger partial charge >= 0.3 is 0 Å². The van der Waals surface area contributed by atoms with E-state index in [0.717, 1.165) is 0 Å². The number of ether oxygens (including phenoxy) is 2. The first kappa shape index (κ1) is 10.9.